The van der Waals surface area contributed by atoms with Crippen LogP contribution in [-0.4, -0.2) is 11.5 Å². The average Bonchev–Trinajstić information content (AvgIpc) is 2.60. The number of hydrogen-bond acceptors (Lipinski definition) is 1. The highest BCUT2D eigenvalue weighted by Crippen LogP contribution is 2.32. The Labute approximate surface area is 96.9 Å². The summed E-state index contributed by atoms with van der Waals surface area (Å²) in [7, 11) is 0. The summed E-state index contributed by atoms with van der Waals surface area (Å²) < 4.78 is 0. The molecule has 16 heavy (non-hydrogen) atoms. The summed E-state index contributed by atoms with van der Waals surface area (Å²) in [6.07, 6.45) is 3.13. The molecule has 0 radical (unpaired) electrons. The van der Waals surface area contributed by atoms with E-state index in [1.807, 2.05) is 0 Å². The van der Waals surface area contributed by atoms with Crippen LogP contribution in [0.3, 0.4) is 0 Å². The molecule has 0 spiro atoms. The Morgan fingerprint density at radius 1 is 1.31 bits per heavy atom. The van der Waals surface area contributed by atoms with Gasteiger partial charge in [-0.05, 0) is 43.0 Å². The van der Waals surface area contributed by atoms with E-state index >= 15 is 0 Å². The molecule has 0 fully saturated rings. The van der Waals surface area contributed by atoms with Gasteiger partial charge < -0.3 is 10.7 Å². The first-order valence-corrected chi connectivity index (χ1v) is 5.83. The summed E-state index contributed by atoms with van der Waals surface area (Å²) in [6.45, 7) is 7.37. The first kappa shape index (κ1) is 11.2. The molecule has 0 bridgehead atoms. The van der Waals surface area contributed by atoms with Gasteiger partial charge >= 0.3 is 0 Å². The van der Waals surface area contributed by atoms with Gasteiger partial charge in [0.2, 0.25) is 0 Å². The highest BCUT2D eigenvalue weighted by Gasteiger charge is 2.22. The fourth-order valence-electron chi connectivity index (χ4n) is 2.29. The summed E-state index contributed by atoms with van der Waals surface area (Å²) in [5.41, 5.74) is 9.71. The Balaban J connectivity index is 2.56. The smallest absolute Gasteiger partial charge is 0.0457 e. The summed E-state index contributed by atoms with van der Waals surface area (Å²) in [5, 5.41) is 1.33. The normalized spacial score (nSPS) is 12.2. The molecule has 2 heteroatoms. The van der Waals surface area contributed by atoms with Crippen LogP contribution < -0.4 is 5.73 Å². The third kappa shape index (κ3) is 1.85. The second-order valence-corrected chi connectivity index (χ2v) is 5.17. The number of nitrogens with two attached hydrogens (primary N) is 1. The number of aromatic amines is 1. The molecule has 0 atom stereocenters. The molecular weight excluding hydrogens is 196 g/mol. The van der Waals surface area contributed by atoms with E-state index < -0.39 is 0 Å². The molecule has 0 saturated heterocycles. The highest BCUT2D eigenvalue weighted by molar-refractivity contribution is 5.84. The first-order valence-electron chi connectivity index (χ1n) is 5.83. The molecule has 0 saturated carbocycles. The van der Waals surface area contributed by atoms with Crippen LogP contribution in [0.1, 0.15) is 31.4 Å². The topological polar surface area (TPSA) is 41.8 Å². The molecule has 2 rings (SSSR count). The van der Waals surface area contributed by atoms with Crippen molar-refractivity contribution >= 4 is 10.9 Å². The van der Waals surface area contributed by atoms with Crippen LogP contribution in [0, 0.1) is 6.92 Å². The van der Waals surface area contributed by atoms with Crippen molar-refractivity contribution in [2.45, 2.75) is 32.6 Å². The molecule has 1 aromatic heterocycles. The predicted molar refractivity (Wildman–Crippen MR) is 69.7 cm³/mol. The second-order valence-electron chi connectivity index (χ2n) is 5.17. The lowest BCUT2D eigenvalue weighted by Crippen LogP contribution is -2.21. The van der Waals surface area contributed by atoms with Crippen molar-refractivity contribution < 1.29 is 0 Å². The largest absolute Gasteiger partial charge is 0.361 e. The zero-order valence-electron chi connectivity index (χ0n) is 10.3. The molecule has 0 amide bonds. The molecular formula is C14H20N2. The highest BCUT2D eigenvalue weighted by atomic mass is 14.7. The maximum Gasteiger partial charge on any atom is 0.0457 e. The third-order valence-corrected chi connectivity index (χ3v) is 3.34. The molecule has 3 N–H and O–H groups in total. The zero-order valence-corrected chi connectivity index (χ0v) is 10.3. The Morgan fingerprint density at radius 2 is 2.06 bits per heavy atom. The lowest BCUT2D eigenvalue weighted by molar-refractivity contribution is 0.491. The fraction of sp³-hybridized carbons (Fsp3) is 0.429. The zero-order chi connectivity index (χ0) is 11.8. The van der Waals surface area contributed by atoms with Crippen molar-refractivity contribution in [3.63, 3.8) is 0 Å². The van der Waals surface area contributed by atoms with Gasteiger partial charge in [-0.1, -0.05) is 25.5 Å². The number of aromatic nitrogens is 1. The van der Waals surface area contributed by atoms with Gasteiger partial charge in [0.05, 0.1) is 0 Å². The van der Waals surface area contributed by atoms with E-state index in [1.54, 1.807) is 0 Å². The van der Waals surface area contributed by atoms with Crippen LogP contribution in [0.15, 0.2) is 24.4 Å². The Bertz CT molecular complexity index is 494. The van der Waals surface area contributed by atoms with E-state index in [4.69, 9.17) is 5.73 Å². The van der Waals surface area contributed by atoms with Crippen LogP contribution in [-0.2, 0) is 5.41 Å². The van der Waals surface area contributed by atoms with Gasteiger partial charge in [0, 0.05) is 17.1 Å². The van der Waals surface area contributed by atoms with Crippen molar-refractivity contribution in [3.8, 4) is 0 Å². The van der Waals surface area contributed by atoms with E-state index in [2.05, 4.69) is 50.2 Å². The van der Waals surface area contributed by atoms with Crippen LogP contribution in [0.5, 0.6) is 0 Å². The van der Waals surface area contributed by atoms with Crippen molar-refractivity contribution in [1.29, 1.82) is 0 Å². The van der Waals surface area contributed by atoms with Gasteiger partial charge in [-0.25, -0.2) is 0 Å². The minimum atomic E-state index is 0.140. The van der Waals surface area contributed by atoms with Gasteiger partial charge in [-0.2, -0.15) is 0 Å². The maximum atomic E-state index is 5.68. The molecule has 86 valence electrons. The number of H-pyrrole nitrogens is 1. The molecule has 0 aliphatic heterocycles. The van der Waals surface area contributed by atoms with Crippen LogP contribution in [0.4, 0.5) is 0 Å². The average molecular weight is 216 g/mol. The van der Waals surface area contributed by atoms with E-state index in [1.165, 1.54) is 22.0 Å². The number of benzene rings is 1. The molecule has 1 heterocycles. The molecule has 0 unspecified atom stereocenters. The SMILES string of the molecule is Cc1ccc2[nH]cc(C(C)(C)CCN)c2c1. The monoisotopic (exact) mass is 216 g/mol. The van der Waals surface area contributed by atoms with Gasteiger partial charge in [-0.15, -0.1) is 0 Å². The molecule has 2 nitrogen and oxygen atoms in total. The summed E-state index contributed by atoms with van der Waals surface area (Å²) >= 11 is 0. The number of rotatable bonds is 3. The van der Waals surface area contributed by atoms with Gasteiger partial charge in [0.15, 0.2) is 0 Å². The van der Waals surface area contributed by atoms with Gasteiger partial charge in [-0.3, -0.25) is 0 Å². The number of nitrogens with one attached hydrogen (secondary N) is 1. The summed E-state index contributed by atoms with van der Waals surface area (Å²) in [4.78, 5) is 3.34. The van der Waals surface area contributed by atoms with E-state index in [0.717, 1.165) is 13.0 Å². The second kappa shape index (κ2) is 3.95. The van der Waals surface area contributed by atoms with Crippen molar-refractivity contribution in [3.05, 3.63) is 35.5 Å². The Hall–Kier alpha value is -1.28. The number of hydrogen-bond donors (Lipinski definition) is 2. The minimum absolute atomic E-state index is 0.140. The van der Waals surface area contributed by atoms with Gasteiger partial charge in [0.25, 0.3) is 0 Å². The maximum absolute atomic E-state index is 5.68. The predicted octanol–water partition coefficient (Wildman–Crippen LogP) is 3.10. The molecule has 2 aromatic rings. The fourth-order valence-corrected chi connectivity index (χ4v) is 2.29. The lowest BCUT2D eigenvalue weighted by atomic mass is 9.81. The van der Waals surface area contributed by atoms with Crippen LogP contribution >= 0.6 is 0 Å². The van der Waals surface area contributed by atoms with Crippen molar-refractivity contribution in [2.75, 3.05) is 6.54 Å². The lowest BCUT2D eigenvalue weighted by Gasteiger charge is -2.23. The number of aryl methyl sites for hydroxylation is 1. The quantitative estimate of drug-likeness (QED) is 0.813. The third-order valence-electron chi connectivity index (χ3n) is 3.34. The standard InChI is InChI=1S/C14H20N2/c1-10-4-5-13-11(8-10)12(9-16-13)14(2,3)6-7-15/h4-5,8-9,16H,6-7,15H2,1-3H3. The van der Waals surface area contributed by atoms with Crippen LogP contribution in [0.25, 0.3) is 10.9 Å². The number of fused-ring (bicyclic) bond motifs is 1. The van der Waals surface area contributed by atoms with Crippen molar-refractivity contribution in [1.82, 2.24) is 4.98 Å². The first-order chi connectivity index (χ1) is 7.54. The van der Waals surface area contributed by atoms with E-state index in [9.17, 15) is 0 Å². The molecule has 0 aliphatic carbocycles. The Kier molecular flexibility index (Phi) is 2.76. The summed E-state index contributed by atoms with van der Waals surface area (Å²) in [5.74, 6) is 0. The van der Waals surface area contributed by atoms with Crippen molar-refractivity contribution in [2.24, 2.45) is 5.73 Å². The van der Waals surface area contributed by atoms with Gasteiger partial charge in [0.1, 0.15) is 0 Å². The van der Waals surface area contributed by atoms with Crippen LogP contribution in [0.2, 0.25) is 0 Å². The van der Waals surface area contributed by atoms with E-state index in [0.29, 0.717) is 0 Å². The molecule has 1 aromatic carbocycles. The Morgan fingerprint density at radius 3 is 2.75 bits per heavy atom. The summed E-state index contributed by atoms with van der Waals surface area (Å²) in [6, 6.07) is 6.53. The minimum Gasteiger partial charge on any atom is -0.361 e. The molecule has 0 aliphatic rings. The van der Waals surface area contributed by atoms with E-state index in [-0.39, 0.29) is 5.41 Å².